The van der Waals surface area contributed by atoms with Gasteiger partial charge in [0.15, 0.2) is 0 Å². The Hall–Kier alpha value is 0.340. The highest BCUT2D eigenvalue weighted by molar-refractivity contribution is 9.11. The van der Waals surface area contributed by atoms with Gasteiger partial charge in [-0.15, -0.1) is 23.7 Å². The molecule has 0 aromatic carbocycles. The molecule has 1 fully saturated rings. The number of halogens is 2. The molecule has 2 rings (SSSR count). The highest BCUT2D eigenvalue weighted by Gasteiger charge is 2.33. The Morgan fingerprint density at radius 1 is 1.53 bits per heavy atom. The van der Waals surface area contributed by atoms with Crippen LogP contribution in [-0.2, 0) is 10.0 Å². The van der Waals surface area contributed by atoms with E-state index in [1.165, 1.54) is 11.3 Å². The number of nitrogens with zero attached hydrogens (tertiary/aromatic N) is 1. The van der Waals surface area contributed by atoms with Crippen LogP contribution in [0.15, 0.2) is 14.7 Å². The Kier molecular flexibility index (Phi) is 5.86. The lowest BCUT2D eigenvalue weighted by Gasteiger charge is -2.34. The van der Waals surface area contributed by atoms with E-state index in [1.54, 1.807) is 10.4 Å². The van der Waals surface area contributed by atoms with Gasteiger partial charge < -0.3 is 5.73 Å². The van der Waals surface area contributed by atoms with Crippen LogP contribution >= 0.6 is 39.7 Å². The van der Waals surface area contributed by atoms with Crippen molar-refractivity contribution in [3.63, 3.8) is 0 Å². The van der Waals surface area contributed by atoms with Crippen LogP contribution < -0.4 is 5.73 Å². The lowest BCUT2D eigenvalue weighted by atomic mass is 9.96. The minimum atomic E-state index is -3.37. The highest BCUT2D eigenvalue weighted by atomic mass is 79.9. The molecule has 1 aliphatic heterocycles. The van der Waals surface area contributed by atoms with E-state index in [4.69, 9.17) is 5.73 Å². The topological polar surface area (TPSA) is 63.4 Å². The predicted molar refractivity (Wildman–Crippen MR) is 84.5 cm³/mol. The van der Waals surface area contributed by atoms with E-state index in [-0.39, 0.29) is 24.4 Å². The standard InChI is InChI=1S/C11H17BrN2O2S2.ClH/c1-7-6-14(4-3-9(7)13)18(15,16)10-5-11(12)17-8(10)2;/h5,7,9H,3-4,6,13H2,1-2H3;1H. The zero-order valence-corrected chi connectivity index (χ0v) is 14.8. The summed E-state index contributed by atoms with van der Waals surface area (Å²) in [7, 11) is -3.37. The minimum absolute atomic E-state index is 0. The summed E-state index contributed by atoms with van der Waals surface area (Å²) in [6, 6.07) is 1.79. The van der Waals surface area contributed by atoms with Crippen LogP contribution in [0.4, 0.5) is 0 Å². The lowest BCUT2D eigenvalue weighted by Crippen LogP contribution is -2.48. The van der Waals surface area contributed by atoms with Crippen molar-refractivity contribution in [3.05, 3.63) is 14.7 Å². The molecule has 19 heavy (non-hydrogen) atoms. The third kappa shape index (κ3) is 3.51. The average molecular weight is 390 g/mol. The van der Waals surface area contributed by atoms with Crippen LogP contribution in [0.2, 0.25) is 0 Å². The Labute approximate surface area is 133 Å². The predicted octanol–water partition coefficient (Wildman–Crippen LogP) is 2.60. The Bertz CT molecular complexity index is 547. The molecule has 2 N–H and O–H groups in total. The van der Waals surface area contributed by atoms with Gasteiger partial charge in [-0.3, -0.25) is 0 Å². The summed E-state index contributed by atoms with van der Waals surface area (Å²) in [5, 5.41) is 0. The van der Waals surface area contributed by atoms with Crippen molar-refractivity contribution in [2.24, 2.45) is 11.7 Å². The molecule has 2 heterocycles. The zero-order chi connectivity index (χ0) is 13.5. The fourth-order valence-electron chi connectivity index (χ4n) is 2.17. The maximum atomic E-state index is 12.5. The van der Waals surface area contributed by atoms with E-state index in [9.17, 15) is 8.42 Å². The van der Waals surface area contributed by atoms with Crippen molar-refractivity contribution in [1.29, 1.82) is 0 Å². The van der Waals surface area contributed by atoms with E-state index >= 15 is 0 Å². The maximum Gasteiger partial charge on any atom is 0.244 e. The Morgan fingerprint density at radius 3 is 2.63 bits per heavy atom. The first-order valence-electron chi connectivity index (χ1n) is 5.84. The van der Waals surface area contributed by atoms with Gasteiger partial charge in [0.2, 0.25) is 10.0 Å². The second kappa shape index (κ2) is 6.41. The number of rotatable bonds is 2. The number of thiophene rings is 1. The van der Waals surface area contributed by atoms with Gasteiger partial charge in [0.05, 0.1) is 8.68 Å². The van der Waals surface area contributed by atoms with Crippen LogP contribution in [0.5, 0.6) is 0 Å². The van der Waals surface area contributed by atoms with Gasteiger partial charge >= 0.3 is 0 Å². The first-order valence-corrected chi connectivity index (χ1v) is 8.89. The molecule has 110 valence electrons. The fraction of sp³-hybridized carbons (Fsp3) is 0.636. The van der Waals surface area contributed by atoms with Crippen LogP contribution in [0.25, 0.3) is 0 Å². The van der Waals surface area contributed by atoms with Gasteiger partial charge in [-0.05, 0) is 41.3 Å². The molecule has 0 amide bonds. The normalized spacial score (nSPS) is 25.1. The van der Waals surface area contributed by atoms with Crippen molar-refractivity contribution in [2.45, 2.75) is 31.2 Å². The molecule has 0 saturated carbocycles. The van der Waals surface area contributed by atoms with E-state index in [1.807, 2.05) is 13.8 Å². The molecule has 0 spiro atoms. The van der Waals surface area contributed by atoms with Gasteiger partial charge in [-0.25, -0.2) is 8.42 Å². The van der Waals surface area contributed by atoms with Crippen molar-refractivity contribution in [3.8, 4) is 0 Å². The maximum absolute atomic E-state index is 12.5. The number of hydrogen-bond donors (Lipinski definition) is 1. The first-order chi connectivity index (χ1) is 8.32. The SMILES string of the molecule is Cc1sc(Br)cc1S(=O)(=O)N1CCC(N)C(C)C1.Cl. The average Bonchev–Trinajstić information content (AvgIpc) is 2.62. The van der Waals surface area contributed by atoms with E-state index in [0.717, 1.165) is 15.1 Å². The summed E-state index contributed by atoms with van der Waals surface area (Å²) >= 11 is 4.78. The van der Waals surface area contributed by atoms with Gasteiger partial charge in [0.25, 0.3) is 0 Å². The van der Waals surface area contributed by atoms with E-state index in [0.29, 0.717) is 18.0 Å². The molecule has 0 bridgehead atoms. The summed E-state index contributed by atoms with van der Waals surface area (Å²) in [5.41, 5.74) is 5.93. The van der Waals surface area contributed by atoms with E-state index in [2.05, 4.69) is 15.9 Å². The number of nitrogens with two attached hydrogens (primary N) is 1. The second-order valence-corrected chi connectivity index (χ2v) is 9.31. The largest absolute Gasteiger partial charge is 0.327 e. The van der Waals surface area contributed by atoms with Crippen LogP contribution in [0, 0.1) is 12.8 Å². The molecular formula is C11H18BrClN2O2S2. The minimum Gasteiger partial charge on any atom is -0.327 e. The zero-order valence-electron chi connectivity index (χ0n) is 10.8. The number of piperidine rings is 1. The molecule has 2 unspecified atom stereocenters. The van der Waals surface area contributed by atoms with E-state index < -0.39 is 10.0 Å². The Balaban J connectivity index is 0.00000180. The lowest BCUT2D eigenvalue weighted by molar-refractivity contribution is 0.250. The van der Waals surface area contributed by atoms with Crippen LogP contribution in [0.3, 0.4) is 0 Å². The van der Waals surface area contributed by atoms with Gasteiger partial charge in [0, 0.05) is 24.0 Å². The molecule has 1 aromatic rings. The third-order valence-corrected chi connectivity index (χ3v) is 7.07. The molecule has 0 aliphatic carbocycles. The Morgan fingerprint density at radius 2 is 2.16 bits per heavy atom. The summed E-state index contributed by atoms with van der Waals surface area (Å²) in [6.45, 7) is 4.86. The monoisotopic (exact) mass is 388 g/mol. The summed E-state index contributed by atoms with van der Waals surface area (Å²) in [6.07, 6.45) is 0.727. The molecule has 8 heteroatoms. The summed E-state index contributed by atoms with van der Waals surface area (Å²) in [4.78, 5) is 1.24. The van der Waals surface area contributed by atoms with Gasteiger partial charge in [-0.2, -0.15) is 4.31 Å². The fourth-order valence-corrected chi connectivity index (χ4v) is 6.11. The van der Waals surface area contributed by atoms with Crippen LogP contribution in [0.1, 0.15) is 18.2 Å². The summed E-state index contributed by atoms with van der Waals surface area (Å²) in [5.74, 6) is 0.205. The summed E-state index contributed by atoms with van der Waals surface area (Å²) < 4.78 is 27.5. The van der Waals surface area contributed by atoms with Gasteiger partial charge in [0.1, 0.15) is 0 Å². The smallest absolute Gasteiger partial charge is 0.244 e. The van der Waals surface area contributed by atoms with Crippen molar-refractivity contribution >= 4 is 49.7 Å². The van der Waals surface area contributed by atoms with Crippen molar-refractivity contribution < 1.29 is 8.42 Å². The number of aryl methyl sites for hydroxylation is 1. The van der Waals surface area contributed by atoms with Gasteiger partial charge in [-0.1, -0.05) is 6.92 Å². The highest BCUT2D eigenvalue weighted by Crippen LogP contribution is 2.32. The van der Waals surface area contributed by atoms with Crippen molar-refractivity contribution in [2.75, 3.05) is 13.1 Å². The number of hydrogen-bond acceptors (Lipinski definition) is 4. The molecule has 4 nitrogen and oxygen atoms in total. The first kappa shape index (κ1) is 17.4. The number of sulfonamides is 1. The second-order valence-electron chi connectivity index (χ2n) is 4.76. The molecule has 2 atom stereocenters. The third-order valence-electron chi connectivity index (χ3n) is 3.39. The van der Waals surface area contributed by atoms with Crippen LogP contribution in [-0.4, -0.2) is 31.9 Å². The molecule has 1 saturated heterocycles. The molecule has 1 aromatic heterocycles. The molecule has 0 radical (unpaired) electrons. The molecular weight excluding hydrogens is 372 g/mol. The quantitative estimate of drug-likeness (QED) is 0.845. The molecule has 1 aliphatic rings. The van der Waals surface area contributed by atoms with Crippen molar-refractivity contribution in [1.82, 2.24) is 4.31 Å².